The van der Waals surface area contributed by atoms with E-state index in [1.807, 2.05) is 33.8 Å². The van der Waals surface area contributed by atoms with Gasteiger partial charge < -0.3 is 9.31 Å². The van der Waals surface area contributed by atoms with Crippen molar-refractivity contribution in [3.05, 3.63) is 29.6 Å². The van der Waals surface area contributed by atoms with Gasteiger partial charge in [0.1, 0.15) is 5.82 Å². The molecule has 2 aliphatic rings. The number of benzene rings is 1. The molecule has 2 nitrogen and oxygen atoms in total. The standard InChI is InChI=1S/C16H22BFO2/c1-15(2)16(3,4)20-17(19-15)13-6-5-7-14(18)12(13)10-11-8-9-11/h5-7,11H,8-10H2,1-4H3. The molecule has 20 heavy (non-hydrogen) atoms. The Morgan fingerprint density at radius 3 is 2.30 bits per heavy atom. The third-order valence-electron chi connectivity index (χ3n) is 4.85. The molecule has 108 valence electrons. The van der Waals surface area contributed by atoms with Crippen LogP contribution in [0.3, 0.4) is 0 Å². The molecule has 0 spiro atoms. The zero-order valence-corrected chi connectivity index (χ0v) is 12.7. The Kier molecular flexibility index (Phi) is 3.22. The van der Waals surface area contributed by atoms with Gasteiger partial charge in [0.2, 0.25) is 0 Å². The maximum absolute atomic E-state index is 14.2. The summed E-state index contributed by atoms with van der Waals surface area (Å²) in [6.45, 7) is 8.08. The van der Waals surface area contributed by atoms with Gasteiger partial charge in [-0.25, -0.2) is 4.39 Å². The van der Waals surface area contributed by atoms with E-state index in [4.69, 9.17) is 9.31 Å². The SMILES string of the molecule is CC1(C)OB(c2cccc(F)c2CC2CC2)OC1(C)C. The first kappa shape index (κ1) is 14.1. The predicted octanol–water partition coefficient (Wildman–Crippen LogP) is 3.08. The Bertz CT molecular complexity index is 507. The fraction of sp³-hybridized carbons (Fsp3) is 0.625. The molecule has 2 fully saturated rings. The maximum atomic E-state index is 14.2. The molecule has 3 rings (SSSR count). The molecule has 0 unspecified atom stereocenters. The molecule has 1 heterocycles. The summed E-state index contributed by atoms with van der Waals surface area (Å²) in [5, 5.41) is 0. The minimum atomic E-state index is -0.468. The van der Waals surface area contributed by atoms with E-state index in [0.717, 1.165) is 17.4 Å². The van der Waals surface area contributed by atoms with Crippen LogP contribution >= 0.6 is 0 Å². The van der Waals surface area contributed by atoms with E-state index >= 15 is 0 Å². The van der Waals surface area contributed by atoms with Gasteiger partial charge in [-0.3, -0.25) is 0 Å². The second kappa shape index (κ2) is 4.57. The number of hydrogen-bond donors (Lipinski definition) is 0. The molecule has 0 amide bonds. The van der Waals surface area contributed by atoms with Crippen molar-refractivity contribution in [3.63, 3.8) is 0 Å². The molecule has 1 aliphatic carbocycles. The summed E-state index contributed by atoms with van der Waals surface area (Å²) >= 11 is 0. The molecule has 1 aromatic carbocycles. The molecule has 0 radical (unpaired) electrons. The summed E-state index contributed by atoms with van der Waals surface area (Å²) in [4.78, 5) is 0. The monoisotopic (exact) mass is 276 g/mol. The van der Waals surface area contributed by atoms with Crippen LogP contribution in [0.5, 0.6) is 0 Å². The summed E-state index contributed by atoms with van der Waals surface area (Å²) < 4.78 is 26.3. The van der Waals surface area contributed by atoms with Gasteiger partial charge in [-0.1, -0.05) is 12.1 Å². The minimum Gasteiger partial charge on any atom is -0.399 e. The highest BCUT2D eigenvalue weighted by Gasteiger charge is 2.52. The average molecular weight is 276 g/mol. The summed E-state index contributed by atoms with van der Waals surface area (Å²) in [6.07, 6.45) is 3.21. The van der Waals surface area contributed by atoms with E-state index in [9.17, 15) is 4.39 Å². The van der Waals surface area contributed by atoms with Crippen molar-refractivity contribution in [1.29, 1.82) is 0 Å². The maximum Gasteiger partial charge on any atom is 0.495 e. The molecule has 1 saturated heterocycles. The smallest absolute Gasteiger partial charge is 0.399 e. The summed E-state index contributed by atoms with van der Waals surface area (Å²) in [5.41, 5.74) is 0.853. The number of halogens is 1. The Morgan fingerprint density at radius 1 is 1.15 bits per heavy atom. The molecule has 1 aliphatic heterocycles. The average Bonchev–Trinajstić information content (AvgIpc) is 3.10. The van der Waals surface area contributed by atoms with Gasteiger partial charge in [-0.15, -0.1) is 0 Å². The Labute approximate surface area is 120 Å². The van der Waals surface area contributed by atoms with Crippen molar-refractivity contribution in [2.75, 3.05) is 0 Å². The normalized spacial score (nSPS) is 24.1. The first-order valence-electron chi connectivity index (χ1n) is 7.43. The van der Waals surface area contributed by atoms with E-state index < -0.39 is 7.12 Å². The topological polar surface area (TPSA) is 18.5 Å². The molecule has 0 N–H and O–H groups in total. The first-order valence-corrected chi connectivity index (χ1v) is 7.43. The van der Waals surface area contributed by atoms with Crippen LogP contribution in [0.25, 0.3) is 0 Å². The van der Waals surface area contributed by atoms with Crippen molar-refractivity contribution in [2.45, 2.75) is 58.2 Å². The molecular formula is C16H22BFO2. The van der Waals surface area contributed by atoms with Crippen LogP contribution in [0.4, 0.5) is 4.39 Å². The quantitative estimate of drug-likeness (QED) is 0.790. The van der Waals surface area contributed by atoms with Crippen LogP contribution in [0.2, 0.25) is 0 Å². The van der Waals surface area contributed by atoms with E-state index in [0.29, 0.717) is 5.92 Å². The number of hydrogen-bond acceptors (Lipinski definition) is 2. The Balaban J connectivity index is 1.93. The van der Waals surface area contributed by atoms with Crippen LogP contribution in [-0.2, 0) is 15.7 Å². The van der Waals surface area contributed by atoms with Gasteiger partial charge >= 0.3 is 7.12 Å². The van der Waals surface area contributed by atoms with E-state index in [1.54, 1.807) is 6.07 Å². The Hall–Kier alpha value is -0.865. The van der Waals surface area contributed by atoms with Gasteiger partial charge in [0.05, 0.1) is 11.2 Å². The van der Waals surface area contributed by atoms with Crippen LogP contribution < -0.4 is 5.46 Å². The first-order chi connectivity index (χ1) is 9.30. The fourth-order valence-electron chi connectivity index (χ4n) is 2.59. The lowest BCUT2D eigenvalue weighted by molar-refractivity contribution is 0.00578. The minimum absolute atomic E-state index is 0.135. The number of rotatable bonds is 3. The lowest BCUT2D eigenvalue weighted by Gasteiger charge is -2.32. The lowest BCUT2D eigenvalue weighted by atomic mass is 9.74. The third-order valence-corrected chi connectivity index (χ3v) is 4.85. The largest absolute Gasteiger partial charge is 0.495 e. The van der Waals surface area contributed by atoms with Gasteiger partial charge in [0.15, 0.2) is 0 Å². The molecule has 1 saturated carbocycles. The van der Waals surface area contributed by atoms with Crippen LogP contribution in [0.15, 0.2) is 18.2 Å². The summed E-state index contributed by atoms with van der Waals surface area (Å²) in [7, 11) is -0.468. The van der Waals surface area contributed by atoms with Crippen LogP contribution in [0.1, 0.15) is 46.1 Å². The second-order valence-electron chi connectivity index (χ2n) is 7.04. The molecule has 0 bridgehead atoms. The van der Waals surface area contributed by atoms with E-state index in [-0.39, 0.29) is 17.0 Å². The van der Waals surface area contributed by atoms with Gasteiger partial charge in [0, 0.05) is 0 Å². The highest BCUT2D eigenvalue weighted by Crippen LogP contribution is 2.38. The highest BCUT2D eigenvalue weighted by molar-refractivity contribution is 6.62. The molecule has 0 aromatic heterocycles. The van der Waals surface area contributed by atoms with Crippen molar-refractivity contribution < 1.29 is 13.7 Å². The molecule has 0 atom stereocenters. The van der Waals surface area contributed by atoms with E-state index in [2.05, 4.69) is 0 Å². The van der Waals surface area contributed by atoms with Crippen LogP contribution in [-0.4, -0.2) is 18.3 Å². The fourth-order valence-corrected chi connectivity index (χ4v) is 2.59. The zero-order valence-electron chi connectivity index (χ0n) is 12.7. The van der Waals surface area contributed by atoms with Crippen molar-refractivity contribution in [1.82, 2.24) is 0 Å². The van der Waals surface area contributed by atoms with Crippen LogP contribution in [0, 0.1) is 11.7 Å². The van der Waals surface area contributed by atoms with Gasteiger partial charge in [-0.2, -0.15) is 0 Å². The summed E-state index contributed by atoms with van der Waals surface area (Å²) in [6, 6.07) is 5.21. The van der Waals surface area contributed by atoms with Crippen molar-refractivity contribution in [2.24, 2.45) is 5.92 Å². The predicted molar refractivity (Wildman–Crippen MR) is 78.5 cm³/mol. The Morgan fingerprint density at radius 2 is 1.75 bits per heavy atom. The molecule has 4 heteroatoms. The summed E-state index contributed by atoms with van der Waals surface area (Å²) in [5.74, 6) is 0.497. The third kappa shape index (κ3) is 2.40. The van der Waals surface area contributed by atoms with Gasteiger partial charge in [0.25, 0.3) is 0 Å². The molecular weight excluding hydrogens is 254 g/mol. The zero-order chi connectivity index (χ0) is 14.5. The van der Waals surface area contributed by atoms with Gasteiger partial charge in [-0.05, 0) is 70.0 Å². The highest BCUT2D eigenvalue weighted by atomic mass is 19.1. The van der Waals surface area contributed by atoms with E-state index in [1.165, 1.54) is 18.9 Å². The van der Waals surface area contributed by atoms with Crippen molar-refractivity contribution in [3.8, 4) is 0 Å². The second-order valence-corrected chi connectivity index (χ2v) is 7.04. The molecule has 1 aromatic rings. The van der Waals surface area contributed by atoms with Crippen molar-refractivity contribution >= 4 is 12.6 Å². The lowest BCUT2D eigenvalue weighted by Crippen LogP contribution is -2.41.